The Morgan fingerprint density at radius 3 is 2.35 bits per heavy atom. The normalized spacial score (nSPS) is 12.0. The van der Waals surface area contributed by atoms with Gasteiger partial charge in [-0.15, -0.1) is 0 Å². The molecule has 2 aromatic rings. The molecule has 20 heavy (non-hydrogen) atoms. The Labute approximate surface area is 117 Å². The molecule has 104 valence electrons. The predicted octanol–water partition coefficient (Wildman–Crippen LogP) is 2.81. The number of Topliss-reactive ketones (excluding diaryl/α,β-unsaturated/α-hetero) is 1. The summed E-state index contributed by atoms with van der Waals surface area (Å²) < 4.78 is 13.1. The summed E-state index contributed by atoms with van der Waals surface area (Å²) in [5.74, 6) is -0.918. The first-order valence-corrected chi connectivity index (χ1v) is 6.24. The van der Waals surface area contributed by atoms with Crippen molar-refractivity contribution in [2.75, 3.05) is 19.0 Å². The summed E-state index contributed by atoms with van der Waals surface area (Å²) >= 11 is 0. The van der Waals surface area contributed by atoms with Crippen molar-refractivity contribution in [2.24, 2.45) is 0 Å². The van der Waals surface area contributed by atoms with E-state index in [1.165, 1.54) is 18.2 Å². The number of ketones is 1. The summed E-state index contributed by atoms with van der Waals surface area (Å²) in [6, 6.07) is 12.3. The minimum atomic E-state index is -1.35. The molecule has 1 atom stereocenters. The number of benzene rings is 2. The standard InChI is InChI=1S/C16H16FNO2/c1-18(2)14-8-6-11(7-9-14)15(19)16(20)12-4-3-5-13(17)10-12/h3-10,16,20H,1-2H3. The second kappa shape index (κ2) is 5.84. The topological polar surface area (TPSA) is 40.5 Å². The molecule has 0 saturated heterocycles. The van der Waals surface area contributed by atoms with Gasteiger partial charge in [0.15, 0.2) is 5.78 Å². The van der Waals surface area contributed by atoms with Gasteiger partial charge in [-0.05, 0) is 42.0 Å². The van der Waals surface area contributed by atoms with Crippen LogP contribution < -0.4 is 4.90 Å². The lowest BCUT2D eigenvalue weighted by Gasteiger charge is -2.14. The van der Waals surface area contributed by atoms with Crippen LogP contribution in [0.1, 0.15) is 22.0 Å². The Morgan fingerprint density at radius 2 is 1.80 bits per heavy atom. The van der Waals surface area contributed by atoms with E-state index in [0.717, 1.165) is 11.8 Å². The molecule has 0 saturated carbocycles. The largest absolute Gasteiger partial charge is 0.380 e. The van der Waals surface area contributed by atoms with E-state index in [1.807, 2.05) is 19.0 Å². The number of hydrogen-bond acceptors (Lipinski definition) is 3. The highest BCUT2D eigenvalue weighted by molar-refractivity contribution is 6.00. The van der Waals surface area contributed by atoms with Gasteiger partial charge < -0.3 is 10.0 Å². The minimum absolute atomic E-state index is 0.256. The third kappa shape index (κ3) is 3.03. The molecule has 0 fully saturated rings. The van der Waals surface area contributed by atoms with Gasteiger partial charge in [-0.1, -0.05) is 12.1 Å². The molecule has 0 aliphatic carbocycles. The van der Waals surface area contributed by atoms with Gasteiger partial charge in [0.2, 0.25) is 0 Å². The molecule has 0 aliphatic heterocycles. The Bertz CT molecular complexity index is 608. The van der Waals surface area contributed by atoms with Gasteiger partial charge in [-0.25, -0.2) is 4.39 Å². The number of nitrogens with zero attached hydrogens (tertiary/aromatic N) is 1. The Morgan fingerprint density at radius 1 is 1.15 bits per heavy atom. The number of hydrogen-bond donors (Lipinski definition) is 1. The Hall–Kier alpha value is -2.20. The first kappa shape index (κ1) is 14.2. The van der Waals surface area contributed by atoms with Gasteiger partial charge in [-0.3, -0.25) is 4.79 Å². The van der Waals surface area contributed by atoms with Crippen molar-refractivity contribution in [1.82, 2.24) is 0 Å². The molecular weight excluding hydrogens is 257 g/mol. The maximum atomic E-state index is 13.1. The number of carbonyl (C=O) groups is 1. The van der Waals surface area contributed by atoms with E-state index in [1.54, 1.807) is 24.3 Å². The van der Waals surface area contributed by atoms with E-state index < -0.39 is 17.7 Å². The molecular formula is C16H16FNO2. The van der Waals surface area contributed by atoms with Gasteiger partial charge in [0.1, 0.15) is 11.9 Å². The van der Waals surface area contributed by atoms with Crippen molar-refractivity contribution in [3.05, 3.63) is 65.5 Å². The van der Waals surface area contributed by atoms with Crippen LogP contribution in [0.2, 0.25) is 0 Å². The molecule has 4 heteroatoms. The second-order valence-electron chi connectivity index (χ2n) is 4.76. The highest BCUT2D eigenvalue weighted by Gasteiger charge is 2.19. The van der Waals surface area contributed by atoms with Crippen LogP contribution in [0.5, 0.6) is 0 Å². The maximum Gasteiger partial charge on any atom is 0.195 e. The van der Waals surface area contributed by atoms with Gasteiger partial charge in [0.05, 0.1) is 0 Å². The summed E-state index contributed by atoms with van der Waals surface area (Å²) in [6.45, 7) is 0. The fourth-order valence-electron chi connectivity index (χ4n) is 1.91. The monoisotopic (exact) mass is 273 g/mol. The van der Waals surface area contributed by atoms with Crippen LogP contribution in [0.3, 0.4) is 0 Å². The average molecular weight is 273 g/mol. The van der Waals surface area contributed by atoms with Crippen molar-refractivity contribution in [3.63, 3.8) is 0 Å². The van der Waals surface area contributed by atoms with E-state index >= 15 is 0 Å². The summed E-state index contributed by atoms with van der Waals surface area (Å²) in [5, 5.41) is 10.0. The zero-order valence-corrected chi connectivity index (χ0v) is 11.4. The van der Waals surface area contributed by atoms with Crippen LogP contribution in [0.15, 0.2) is 48.5 Å². The van der Waals surface area contributed by atoms with E-state index in [9.17, 15) is 14.3 Å². The smallest absolute Gasteiger partial charge is 0.195 e. The average Bonchev–Trinajstić information content (AvgIpc) is 2.46. The zero-order chi connectivity index (χ0) is 14.7. The Kier molecular flexibility index (Phi) is 4.15. The van der Waals surface area contributed by atoms with Crippen LogP contribution in [0.25, 0.3) is 0 Å². The molecule has 0 radical (unpaired) electrons. The lowest BCUT2D eigenvalue weighted by atomic mass is 10.00. The first-order valence-electron chi connectivity index (χ1n) is 6.24. The van der Waals surface area contributed by atoms with Crippen LogP contribution in [0.4, 0.5) is 10.1 Å². The van der Waals surface area contributed by atoms with Crippen molar-refractivity contribution in [3.8, 4) is 0 Å². The van der Waals surface area contributed by atoms with Gasteiger partial charge in [-0.2, -0.15) is 0 Å². The lowest BCUT2D eigenvalue weighted by Crippen LogP contribution is -2.13. The molecule has 1 N–H and O–H groups in total. The number of halogens is 1. The predicted molar refractivity (Wildman–Crippen MR) is 76.5 cm³/mol. The zero-order valence-electron chi connectivity index (χ0n) is 11.4. The van der Waals surface area contributed by atoms with Crippen molar-refractivity contribution in [1.29, 1.82) is 0 Å². The summed E-state index contributed by atoms with van der Waals surface area (Å²) in [4.78, 5) is 14.1. The molecule has 0 heterocycles. The van der Waals surface area contributed by atoms with Crippen LogP contribution in [0, 0.1) is 5.82 Å². The SMILES string of the molecule is CN(C)c1ccc(C(=O)C(O)c2cccc(F)c2)cc1. The minimum Gasteiger partial charge on any atom is -0.380 e. The molecule has 0 amide bonds. The lowest BCUT2D eigenvalue weighted by molar-refractivity contribution is 0.0747. The highest BCUT2D eigenvalue weighted by atomic mass is 19.1. The quantitative estimate of drug-likeness (QED) is 0.871. The van der Waals surface area contributed by atoms with Crippen molar-refractivity contribution >= 4 is 11.5 Å². The summed E-state index contributed by atoms with van der Waals surface area (Å²) in [5.41, 5.74) is 1.61. The molecule has 2 aromatic carbocycles. The molecule has 0 aromatic heterocycles. The molecule has 2 rings (SSSR count). The summed E-state index contributed by atoms with van der Waals surface area (Å²) in [7, 11) is 3.80. The molecule has 0 spiro atoms. The van der Waals surface area contributed by atoms with Gasteiger partial charge in [0, 0.05) is 25.3 Å². The number of carbonyl (C=O) groups excluding carboxylic acids is 1. The number of anilines is 1. The van der Waals surface area contributed by atoms with E-state index in [2.05, 4.69) is 0 Å². The highest BCUT2D eigenvalue weighted by Crippen LogP contribution is 2.21. The van der Waals surface area contributed by atoms with E-state index in [0.29, 0.717) is 5.56 Å². The van der Waals surface area contributed by atoms with Crippen LogP contribution in [-0.4, -0.2) is 25.0 Å². The second-order valence-corrected chi connectivity index (χ2v) is 4.76. The van der Waals surface area contributed by atoms with Crippen LogP contribution >= 0.6 is 0 Å². The van der Waals surface area contributed by atoms with Gasteiger partial charge >= 0.3 is 0 Å². The third-order valence-electron chi connectivity index (χ3n) is 3.08. The van der Waals surface area contributed by atoms with Crippen LogP contribution in [-0.2, 0) is 0 Å². The molecule has 3 nitrogen and oxygen atoms in total. The Balaban J connectivity index is 2.22. The van der Waals surface area contributed by atoms with Gasteiger partial charge in [0.25, 0.3) is 0 Å². The fraction of sp³-hybridized carbons (Fsp3) is 0.188. The number of aliphatic hydroxyl groups excluding tert-OH is 1. The fourth-order valence-corrected chi connectivity index (χ4v) is 1.91. The molecule has 0 bridgehead atoms. The van der Waals surface area contributed by atoms with Crippen molar-refractivity contribution < 1.29 is 14.3 Å². The van der Waals surface area contributed by atoms with Crippen molar-refractivity contribution in [2.45, 2.75) is 6.10 Å². The van der Waals surface area contributed by atoms with E-state index in [4.69, 9.17) is 0 Å². The molecule has 0 aliphatic rings. The maximum absolute atomic E-state index is 13.1. The molecule has 1 unspecified atom stereocenters. The number of aliphatic hydroxyl groups is 1. The number of rotatable bonds is 4. The summed E-state index contributed by atoms with van der Waals surface area (Å²) in [6.07, 6.45) is -1.35. The first-order chi connectivity index (χ1) is 9.49. The van der Waals surface area contributed by atoms with E-state index in [-0.39, 0.29) is 5.56 Å². The third-order valence-corrected chi connectivity index (χ3v) is 3.08.